The molecule has 1 unspecified atom stereocenters. The lowest BCUT2D eigenvalue weighted by Gasteiger charge is -2.50. The Morgan fingerprint density at radius 2 is 1.81 bits per heavy atom. The van der Waals surface area contributed by atoms with Crippen LogP contribution < -0.4 is 24.7 Å². The predicted molar refractivity (Wildman–Crippen MR) is 139 cm³/mol. The summed E-state index contributed by atoms with van der Waals surface area (Å²) in [5.41, 5.74) is 0.0737. The molecule has 0 spiro atoms. The second-order valence-electron chi connectivity index (χ2n) is 10.1. The molecule has 198 valence electrons. The molecule has 1 aliphatic carbocycles. The molecule has 1 aliphatic heterocycles. The quantitative estimate of drug-likeness (QED) is 0.513. The van der Waals surface area contributed by atoms with Crippen molar-refractivity contribution in [3.8, 4) is 17.2 Å². The van der Waals surface area contributed by atoms with E-state index in [9.17, 15) is 9.90 Å². The van der Waals surface area contributed by atoms with Crippen LogP contribution in [0.3, 0.4) is 0 Å². The minimum atomic E-state index is -0.894. The van der Waals surface area contributed by atoms with E-state index in [-0.39, 0.29) is 17.6 Å². The Morgan fingerprint density at radius 3 is 2.51 bits per heavy atom. The molecule has 10 nitrogen and oxygen atoms in total. The van der Waals surface area contributed by atoms with Gasteiger partial charge in [0.25, 0.3) is 5.56 Å². The molecule has 4 heterocycles. The molecule has 0 bridgehead atoms. The summed E-state index contributed by atoms with van der Waals surface area (Å²) in [6, 6.07) is 6.84. The first-order chi connectivity index (χ1) is 17.8. The lowest BCUT2D eigenvalue weighted by atomic mass is 9.71. The molecule has 0 radical (unpaired) electrons. The molecule has 0 amide bonds. The minimum Gasteiger partial charge on any atom is -0.495 e. The van der Waals surface area contributed by atoms with E-state index in [4.69, 9.17) is 18.9 Å². The van der Waals surface area contributed by atoms with Crippen molar-refractivity contribution in [2.24, 2.45) is 0 Å². The minimum absolute atomic E-state index is 0.0924. The Labute approximate surface area is 215 Å². The maximum atomic E-state index is 12.8. The van der Waals surface area contributed by atoms with E-state index in [0.29, 0.717) is 54.3 Å². The topological polar surface area (TPSA) is 108 Å². The van der Waals surface area contributed by atoms with Crippen molar-refractivity contribution in [1.29, 1.82) is 0 Å². The summed E-state index contributed by atoms with van der Waals surface area (Å²) in [5.74, 6) is 2.72. The second-order valence-corrected chi connectivity index (χ2v) is 10.1. The van der Waals surface area contributed by atoms with E-state index in [1.165, 1.54) is 6.07 Å². The molecular formula is C27H34N4O6. The summed E-state index contributed by atoms with van der Waals surface area (Å²) in [5, 5.41) is 11.5. The van der Waals surface area contributed by atoms with Crippen LogP contribution in [0.4, 0.5) is 5.82 Å². The van der Waals surface area contributed by atoms with Crippen molar-refractivity contribution >= 4 is 16.9 Å². The van der Waals surface area contributed by atoms with Crippen LogP contribution in [0.25, 0.3) is 11.0 Å². The average Bonchev–Trinajstić information content (AvgIpc) is 2.94. The van der Waals surface area contributed by atoms with Crippen LogP contribution in [0, 0.1) is 0 Å². The predicted octanol–water partition coefficient (Wildman–Crippen LogP) is 2.79. The van der Waals surface area contributed by atoms with Crippen molar-refractivity contribution in [2.75, 3.05) is 39.4 Å². The molecule has 1 saturated carbocycles. The summed E-state index contributed by atoms with van der Waals surface area (Å²) >= 11 is 0. The van der Waals surface area contributed by atoms with Crippen molar-refractivity contribution in [3.63, 3.8) is 0 Å². The number of rotatable bonds is 7. The zero-order valence-electron chi connectivity index (χ0n) is 21.8. The fraction of sp³-hybridized carbons (Fsp3) is 0.519. The first kappa shape index (κ1) is 25.3. The van der Waals surface area contributed by atoms with Gasteiger partial charge in [-0.25, -0.2) is 4.98 Å². The van der Waals surface area contributed by atoms with Crippen molar-refractivity contribution in [1.82, 2.24) is 14.5 Å². The van der Waals surface area contributed by atoms with Crippen LogP contribution in [-0.4, -0.2) is 71.4 Å². The number of anilines is 1. The number of fused-ring (bicyclic) bond motifs is 2. The van der Waals surface area contributed by atoms with E-state index in [0.717, 1.165) is 18.7 Å². The maximum absolute atomic E-state index is 12.8. The Hall–Kier alpha value is -3.37. The van der Waals surface area contributed by atoms with Gasteiger partial charge in [0.15, 0.2) is 11.5 Å². The molecule has 37 heavy (non-hydrogen) atoms. The van der Waals surface area contributed by atoms with Gasteiger partial charge in [-0.2, -0.15) is 0 Å². The van der Waals surface area contributed by atoms with E-state index in [1.807, 2.05) is 13.1 Å². The van der Waals surface area contributed by atoms with Crippen molar-refractivity contribution < 1.29 is 24.1 Å². The SMILES string of the molecule is COc1cnc2ccc(=O)n(CC(O)C3(OC)CCC(C)(N(C)c4cc5c(cn4)OCCO5)CC3)c2c1. The largest absolute Gasteiger partial charge is 0.495 e. The van der Waals surface area contributed by atoms with Crippen LogP contribution in [0.15, 0.2) is 41.5 Å². The molecule has 3 aromatic rings. The van der Waals surface area contributed by atoms with Crippen LogP contribution in [0.5, 0.6) is 17.2 Å². The van der Waals surface area contributed by atoms with Gasteiger partial charge in [0, 0.05) is 37.9 Å². The Bertz CT molecular complexity index is 1330. The Balaban J connectivity index is 1.35. The molecule has 1 atom stereocenters. The van der Waals surface area contributed by atoms with Gasteiger partial charge >= 0.3 is 0 Å². The van der Waals surface area contributed by atoms with Gasteiger partial charge in [-0.15, -0.1) is 0 Å². The third kappa shape index (κ3) is 4.59. The fourth-order valence-corrected chi connectivity index (χ4v) is 5.41. The molecule has 5 rings (SSSR count). The lowest BCUT2D eigenvalue weighted by Crippen LogP contribution is -2.56. The molecule has 2 aliphatic rings. The first-order valence-electron chi connectivity index (χ1n) is 12.5. The van der Waals surface area contributed by atoms with Gasteiger partial charge in [0.2, 0.25) is 0 Å². The van der Waals surface area contributed by atoms with E-state index in [1.54, 1.807) is 43.3 Å². The standard InChI is InChI=1S/C27H34N4O6/c1-26(30(2)24-14-21-22(16-29-24)37-12-11-36-21)7-9-27(35-4,10-8-26)23(32)17-31-20-13-18(34-3)15-28-19(20)5-6-25(31)33/h5-6,13-16,23,32H,7-12,17H2,1-4H3. The third-order valence-corrected chi connectivity index (χ3v) is 8.16. The van der Waals surface area contributed by atoms with E-state index in [2.05, 4.69) is 21.8 Å². The molecule has 3 aromatic heterocycles. The molecule has 0 saturated heterocycles. The van der Waals surface area contributed by atoms with E-state index < -0.39 is 11.7 Å². The zero-order chi connectivity index (χ0) is 26.2. The Morgan fingerprint density at radius 1 is 1.08 bits per heavy atom. The highest BCUT2D eigenvalue weighted by Gasteiger charge is 2.47. The number of aromatic nitrogens is 3. The highest BCUT2D eigenvalue weighted by molar-refractivity contribution is 5.75. The molecule has 1 N–H and O–H groups in total. The van der Waals surface area contributed by atoms with Gasteiger partial charge < -0.3 is 33.5 Å². The highest BCUT2D eigenvalue weighted by Crippen LogP contribution is 2.44. The Kier molecular flexibility index (Phi) is 6.72. The molecular weight excluding hydrogens is 476 g/mol. The summed E-state index contributed by atoms with van der Waals surface area (Å²) in [7, 11) is 5.22. The molecule has 10 heteroatoms. The highest BCUT2D eigenvalue weighted by atomic mass is 16.6. The number of nitrogens with zero attached hydrogens (tertiary/aromatic N) is 4. The van der Waals surface area contributed by atoms with Crippen molar-refractivity contribution in [2.45, 2.75) is 56.4 Å². The monoisotopic (exact) mass is 510 g/mol. The van der Waals surface area contributed by atoms with Crippen LogP contribution in [0.2, 0.25) is 0 Å². The van der Waals surface area contributed by atoms with Gasteiger partial charge in [-0.05, 0) is 38.7 Å². The summed E-state index contributed by atoms with van der Waals surface area (Å²) in [6.45, 7) is 3.34. The lowest BCUT2D eigenvalue weighted by molar-refractivity contribution is -0.134. The van der Waals surface area contributed by atoms with Gasteiger partial charge in [-0.3, -0.25) is 9.78 Å². The number of hydrogen-bond donors (Lipinski definition) is 1. The fourth-order valence-electron chi connectivity index (χ4n) is 5.41. The third-order valence-electron chi connectivity index (χ3n) is 8.16. The smallest absolute Gasteiger partial charge is 0.251 e. The average molecular weight is 511 g/mol. The number of aliphatic hydroxyl groups is 1. The number of methoxy groups -OCH3 is 2. The van der Waals surface area contributed by atoms with Gasteiger partial charge in [0.1, 0.15) is 30.9 Å². The van der Waals surface area contributed by atoms with Gasteiger partial charge in [0.05, 0.1) is 42.7 Å². The first-order valence-corrected chi connectivity index (χ1v) is 12.5. The second kappa shape index (κ2) is 9.83. The maximum Gasteiger partial charge on any atom is 0.251 e. The van der Waals surface area contributed by atoms with Crippen LogP contribution >= 0.6 is 0 Å². The van der Waals surface area contributed by atoms with E-state index >= 15 is 0 Å². The van der Waals surface area contributed by atoms with Crippen LogP contribution in [-0.2, 0) is 11.3 Å². The summed E-state index contributed by atoms with van der Waals surface area (Å²) < 4.78 is 24.2. The summed E-state index contributed by atoms with van der Waals surface area (Å²) in [6.07, 6.45) is 5.21. The van der Waals surface area contributed by atoms with Crippen molar-refractivity contribution in [3.05, 3.63) is 47.0 Å². The zero-order valence-corrected chi connectivity index (χ0v) is 21.8. The number of ether oxygens (including phenoxy) is 4. The number of hydrogen-bond acceptors (Lipinski definition) is 9. The number of aliphatic hydroxyl groups excluding tert-OH is 1. The van der Waals surface area contributed by atoms with Crippen LogP contribution in [0.1, 0.15) is 32.6 Å². The molecule has 0 aromatic carbocycles. The molecule has 1 fully saturated rings. The number of pyridine rings is 3. The van der Waals surface area contributed by atoms with Gasteiger partial charge in [-0.1, -0.05) is 0 Å². The normalized spacial score (nSPS) is 24.0. The summed E-state index contributed by atoms with van der Waals surface area (Å²) in [4.78, 5) is 24.0.